The van der Waals surface area contributed by atoms with Crippen LogP contribution in [0.1, 0.15) is 5.56 Å². The van der Waals surface area contributed by atoms with Crippen LogP contribution in [-0.4, -0.2) is 51.9 Å². The average molecular weight is 475 g/mol. The van der Waals surface area contributed by atoms with Gasteiger partial charge in [0.1, 0.15) is 6.54 Å². The molecule has 2 aliphatic heterocycles. The molecule has 3 aromatic rings. The predicted molar refractivity (Wildman–Crippen MR) is 119 cm³/mol. The van der Waals surface area contributed by atoms with Crippen LogP contribution in [-0.2, 0) is 21.0 Å². The lowest BCUT2D eigenvalue weighted by molar-refractivity contribution is -0.137. The largest absolute Gasteiger partial charge is 0.416 e. The van der Waals surface area contributed by atoms with Crippen LogP contribution in [0.15, 0.2) is 65.6 Å². The normalized spacial score (nSPS) is 17.6. The Kier molecular flexibility index (Phi) is 5.00. The van der Waals surface area contributed by atoms with Crippen LogP contribution in [0, 0.1) is 0 Å². The number of alkyl halides is 3. The van der Waals surface area contributed by atoms with Gasteiger partial charge < -0.3 is 9.80 Å². The molecule has 6 nitrogen and oxygen atoms in total. The Labute approximate surface area is 188 Å². The Morgan fingerprint density at radius 1 is 0.909 bits per heavy atom. The summed E-state index contributed by atoms with van der Waals surface area (Å²) >= 11 is 0. The maximum absolute atomic E-state index is 13.1. The van der Waals surface area contributed by atoms with E-state index in [1.54, 1.807) is 40.1 Å². The Hall–Kier alpha value is -3.27. The minimum absolute atomic E-state index is 0.192. The van der Waals surface area contributed by atoms with Crippen LogP contribution in [0.3, 0.4) is 0 Å². The molecule has 1 fully saturated rings. The minimum atomic E-state index is -4.42. The van der Waals surface area contributed by atoms with Gasteiger partial charge in [-0.05, 0) is 35.7 Å². The second-order valence-electron chi connectivity index (χ2n) is 8.06. The van der Waals surface area contributed by atoms with E-state index in [2.05, 4.69) is 0 Å². The molecule has 0 unspecified atom stereocenters. The van der Waals surface area contributed by atoms with E-state index in [0.29, 0.717) is 42.9 Å². The Morgan fingerprint density at radius 2 is 1.58 bits per heavy atom. The Morgan fingerprint density at radius 3 is 2.27 bits per heavy atom. The number of nitrogens with zero attached hydrogens (tertiary/aromatic N) is 3. The number of halogens is 3. The summed E-state index contributed by atoms with van der Waals surface area (Å²) in [5, 5.41) is 1.40. The van der Waals surface area contributed by atoms with Crippen molar-refractivity contribution in [3.63, 3.8) is 0 Å². The van der Waals surface area contributed by atoms with Gasteiger partial charge in [-0.2, -0.15) is 13.2 Å². The second-order valence-corrected chi connectivity index (χ2v) is 9.89. The van der Waals surface area contributed by atoms with Crippen LogP contribution in [0.4, 0.5) is 24.5 Å². The highest BCUT2D eigenvalue weighted by Gasteiger charge is 2.38. The van der Waals surface area contributed by atoms with E-state index in [1.807, 2.05) is 12.1 Å². The zero-order valence-electron chi connectivity index (χ0n) is 17.4. The number of amides is 1. The van der Waals surface area contributed by atoms with E-state index in [0.717, 1.165) is 21.8 Å². The average Bonchev–Trinajstić information content (AvgIpc) is 3.02. The van der Waals surface area contributed by atoms with Crippen LogP contribution >= 0.6 is 0 Å². The molecule has 1 saturated heterocycles. The van der Waals surface area contributed by atoms with Crippen molar-refractivity contribution in [1.82, 2.24) is 4.90 Å². The van der Waals surface area contributed by atoms with Crippen molar-refractivity contribution in [1.29, 1.82) is 0 Å². The topological polar surface area (TPSA) is 60.9 Å². The zero-order valence-corrected chi connectivity index (χ0v) is 18.2. The van der Waals surface area contributed by atoms with Gasteiger partial charge in [-0.3, -0.25) is 9.10 Å². The lowest BCUT2D eigenvalue weighted by atomic mass is 10.1. The summed E-state index contributed by atoms with van der Waals surface area (Å²) < 4.78 is 66.4. The van der Waals surface area contributed by atoms with Gasteiger partial charge in [-0.25, -0.2) is 8.42 Å². The third kappa shape index (κ3) is 3.68. The van der Waals surface area contributed by atoms with Gasteiger partial charge in [0.05, 0.1) is 16.1 Å². The summed E-state index contributed by atoms with van der Waals surface area (Å²) in [6, 6.07) is 15.4. The van der Waals surface area contributed by atoms with Crippen LogP contribution in [0.5, 0.6) is 0 Å². The molecule has 0 radical (unpaired) electrons. The van der Waals surface area contributed by atoms with Gasteiger partial charge in [-0.15, -0.1) is 0 Å². The molecular formula is C23H20F3N3O3S. The van der Waals surface area contributed by atoms with Crippen molar-refractivity contribution in [2.75, 3.05) is 41.9 Å². The maximum Gasteiger partial charge on any atom is 0.416 e. The first kappa shape index (κ1) is 21.6. The van der Waals surface area contributed by atoms with Gasteiger partial charge in [0.25, 0.3) is 10.0 Å². The molecule has 0 aromatic heterocycles. The molecule has 3 aromatic carbocycles. The van der Waals surface area contributed by atoms with Crippen molar-refractivity contribution < 1.29 is 26.4 Å². The molecule has 1 amide bonds. The number of benzene rings is 3. The molecule has 0 atom stereocenters. The van der Waals surface area contributed by atoms with Crippen molar-refractivity contribution in [3.8, 4) is 0 Å². The van der Waals surface area contributed by atoms with E-state index in [9.17, 15) is 26.4 Å². The van der Waals surface area contributed by atoms with Crippen LogP contribution < -0.4 is 9.21 Å². The number of piperazine rings is 1. The lowest BCUT2D eigenvalue weighted by Gasteiger charge is -2.37. The highest BCUT2D eigenvalue weighted by Crippen LogP contribution is 2.41. The quantitative estimate of drug-likeness (QED) is 0.580. The van der Waals surface area contributed by atoms with E-state index in [-0.39, 0.29) is 17.3 Å². The Bertz CT molecular complexity index is 1340. The van der Waals surface area contributed by atoms with E-state index < -0.39 is 21.8 Å². The molecule has 5 rings (SSSR count). The van der Waals surface area contributed by atoms with Crippen molar-refractivity contribution in [3.05, 3.63) is 66.2 Å². The van der Waals surface area contributed by atoms with Crippen LogP contribution in [0.25, 0.3) is 10.8 Å². The first-order chi connectivity index (χ1) is 15.7. The molecule has 2 aliphatic rings. The van der Waals surface area contributed by atoms with Gasteiger partial charge in [0.15, 0.2) is 0 Å². The molecule has 33 heavy (non-hydrogen) atoms. The van der Waals surface area contributed by atoms with E-state index in [4.69, 9.17) is 0 Å². The highest BCUT2D eigenvalue weighted by atomic mass is 32.2. The molecule has 2 heterocycles. The lowest BCUT2D eigenvalue weighted by Crippen LogP contribution is -2.51. The number of carbonyl (C=O) groups is 1. The molecule has 0 aliphatic carbocycles. The van der Waals surface area contributed by atoms with Crippen molar-refractivity contribution >= 4 is 38.1 Å². The first-order valence-electron chi connectivity index (χ1n) is 10.4. The SMILES string of the molecule is O=C(CN1c2cccc3cccc(c23)S1(=O)=O)N1CCN(c2cccc(C(F)(F)F)c2)CC1. The molecule has 0 bridgehead atoms. The number of sulfonamides is 1. The summed E-state index contributed by atoms with van der Waals surface area (Å²) in [6.45, 7) is 0.977. The third-order valence-electron chi connectivity index (χ3n) is 6.13. The fourth-order valence-electron chi connectivity index (χ4n) is 4.44. The van der Waals surface area contributed by atoms with Crippen molar-refractivity contribution in [2.24, 2.45) is 0 Å². The Balaban J connectivity index is 1.30. The smallest absolute Gasteiger partial charge is 0.368 e. The molecule has 172 valence electrons. The summed E-state index contributed by atoms with van der Waals surface area (Å²) in [5.74, 6) is -0.341. The monoisotopic (exact) mass is 475 g/mol. The van der Waals surface area contributed by atoms with E-state index >= 15 is 0 Å². The minimum Gasteiger partial charge on any atom is -0.368 e. The second kappa shape index (κ2) is 7.65. The molecule has 0 N–H and O–H groups in total. The standard InChI is InChI=1S/C23H20F3N3O3S/c24-23(25,26)17-6-3-7-18(14-17)27-10-12-28(13-11-27)21(30)15-29-19-8-1-4-16-5-2-9-20(22(16)19)33(29,31)32/h1-9,14H,10-13,15H2. The van der Waals surface area contributed by atoms with Gasteiger partial charge in [0.2, 0.25) is 5.91 Å². The molecule has 10 heteroatoms. The summed E-state index contributed by atoms with van der Waals surface area (Å²) in [5.41, 5.74) is 0.215. The van der Waals surface area contributed by atoms with Gasteiger partial charge >= 0.3 is 6.18 Å². The summed E-state index contributed by atoms with van der Waals surface area (Å²) in [7, 11) is -3.84. The highest BCUT2D eigenvalue weighted by molar-refractivity contribution is 7.93. The molecule has 0 spiro atoms. The van der Waals surface area contributed by atoms with E-state index in [1.165, 1.54) is 6.07 Å². The van der Waals surface area contributed by atoms with Crippen LogP contribution in [0.2, 0.25) is 0 Å². The third-order valence-corrected chi connectivity index (χ3v) is 7.93. The zero-order chi connectivity index (χ0) is 23.4. The predicted octanol–water partition coefficient (Wildman–Crippen LogP) is 3.72. The number of hydrogen-bond acceptors (Lipinski definition) is 4. The number of hydrogen-bond donors (Lipinski definition) is 0. The van der Waals surface area contributed by atoms with Gasteiger partial charge in [0, 0.05) is 37.3 Å². The number of rotatable bonds is 3. The fraction of sp³-hybridized carbons (Fsp3) is 0.261. The fourth-order valence-corrected chi connectivity index (χ4v) is 6.10. The number of anilines is 2. The van der Waals surface area contributed by atoms with Gasteiger partial charge in [-0.1, -0.05) is 30.3 Å². The summed E-state index contributed by atoms with van der Waals surface area (Å²) in [6.07, 6.45) is -4.42. The summed E-state index contributed by atoms with van der Waals surface area (Å²) in [4.78, 5) is 16.5. The van der Waals surface area contributed by atoms with Crippen molar-refractivity contribution in [2.45, 2.75) is 11.1 Å². The molecule has 0 saturated carbocycles. The molecular weight excluding hydrogens is 455 g/mol. The maximum atomic E-state index is 13.1. The number of carbonyl (C=O) groups excluding carboxylic acids is 1. The first-order valence-corrected chi connectivity index (χ1v) is 11.8.